The lowest BCUT2D eigenvalue weighted by Crippen LogP contribution is -2.29. The zero-order valence-electron chi connectivity index (χ0n) is 26.5. The summed E-state index contributed by atoms with van der Waals surface area (Å²) in [5.74, 6) is -0.866. The van der Waals surface area contributed by atoms with E-state index in [1.165, 1.54) is 6.07 Å². The monoisotopic (exact) mass is 688 g/mol. The normalized spacial score (nSPS) is 14.9. The summed E-state index contributed by atoms with van der Waals surface area (Å²) in [5.41, 5.74) is 4.07. The number of halogens is 2. The maximum Gasteiger partial charge on any atom is 0.330 e. The lowest BCUT2D eigenvalue weighted by molar-refractivity contribution is 0.392. The van der Waals surface area contributed by atoms with Gasteiger partial charge in [-0.3, -0.25) is 4.21 Å². The van der Waals surface area contributed by atoms with Crippen molar-refractivity contribution >= 4 is 26.7 Å². The van der Waals surface area contributed by atoms with Gasteiger partial charge in [-0.25, -0.2) is 22.8 Å². The molecular weight excluding hydrogens is 655 g/mol. The molecule has 1 aliphatic rings. The van der Waals surface area contributed by atoms with Crippen molar-refractivity contribution < 1.29 is 26.5 Å². The van der Waals surface area contributed by atoms with Crippen molar-refractivity contribution in [3.63, 3.8) is 0 Å². The van der Waals surface area contributed by atoms with Crippen LogP contribution in [0, 0.1) is 17.0 Å². The third-order valence-electron chi connectivity index (χ3n) is 7.86. The Hall–Kier alpha value is -4.81. The Morgan fingerprint density at radius 3 is 2.31 bits per heavy atom. The molecular formula is C36H34F2N4O4S2. The van der Waals surface area contributed by atoms with Crippen LogP contribution < -0.4 is 9.03 Å². The van der Waals surface area contributed by atoms with Crippen LogP contribution in [0.25, 0.3) is 28.1 Å². The summed E-state index contributed by atoms with van der Waals surface area (Å²) in [7, 11) is -5.13. The summed E-state index contributed by atoms with van der Waals surface area (Å²) in [6, 6.07) is 25.5. The quantitative estimate of drug-likeness (QED) is 0.166. The molecule has 0 bridgehead atoms. The van der Waals surface area contributed by atoms with Gasteiger partial charge in [0.25, 0.3) is 0 Å². The molecule has 6 rings (SSSR count). The lowest BCUT2D eigenvalue weighted by atomic mass is 9.94. The van der Waals surface area contributed by atoms with Crippen LogP contribution >= 0.6 is 0 Å². The van der Waals surface area contributed by atoms with Crippen LogP contribution in [0.3, 0.4) is 0 Å². The Balaban J connectivity index is 1.32. The van der Waals surface area contributed by atoms with Crippen molar-refractivity contribution in [3.8, 4) is 28.1 Å². The summed E-state index contributed by atoms with van der Waals surface area (Å²) in [4.78, 5) is 5.51. The summed E-state index contributed by atoms with van der Waals surface area (Å²) >= 11 is 0. The minimum absolute atomic E-state index is 0.0991. The highest BCUT2D eigenvalue weighted by atomic mass is 32.2. The Labute approximate surface area is 281 Å². The van der Waals surface area contributed by atoms with Gasteiger partial charge in [-0.2, -0.15) is 8.42 Å². The van der Waals surface area contributed by atoms with Crippen molar-refractivity contribution in [1.82, 2.24) is 14.3 Å². The molecule has 12 heteroatoms. The van der Waals surface area contributed by atoms with Crippen LogP contribution in [-0.2, 0) is 27.4 Å². The predicted molar refractivity (Wildman–Crippen MR) is 184 cm³/mol. The highest BCUT2D eigenvalue weighted by molar-refractivity contribution is 7.91. The summed E-state index contributed by atoms with van der Waals surface area (Å²) < 4.78 is 71.3. The molecule has 0 aliphatic carbocycles. The van der Waals surface area contributed by atoms with Crippen molar-refractivity contribution in [2.24, 2.45) is 5.41 Å². The highest BCUT2D eigenvalue weighted by Gasteiger charge is 2.29. The van der Waals surface area contributed by atoms with Gasteiger partial charge in [-0.05, 0) is 71.0 Å². The van der Waals surface area contributed by atoms with E-state index >= 15 is 0 Å². The number of aliphatic hydroxyl groups is 1. The molecule has 2 N–H and O–H groups in total. The molecule has 0 saturated heterocycles. The molecule has 4 aromatic carbocycles. The van der Waals surface area contributed by atoms with Crippen LogP contribution in [0.4, 0.5) is 14.5 Å². The van der Waals surface area contributed by atoms with Crippen molar-refractivity contribution in [2.45, 2.75) is 38.5 Å². The van der Waals surface area contributed by atoms with E-state index in [2.05, 4.69) is 20.8 Å². The third-order valence-corrected chi connectivity index (χ3v) is 10.5. The standard InChI is InChI=1S/C36H34F2N4O4S2/c1-36(2,3)16-17-47(44)30-9-4-6-26(19-30)25-12-10-24(11-13-25)18-34-39-33(31-15-14-27(37)20-32(31)38)22-41(34)28-7-5-8-29(21-28)42-23-35(43)40-48(42,45)46/h4-15,19-23,40,43H,16-18H2,1-3H3. The molecule has 0 radical (unpaired) electrons. The lowest BCUT2D eigenvalue weighted by Gasteiger charge is -2.17. The average Bonchev–Trinajstić information content (AvgIpc) is 3.58. The first-order chi connectivity index (χ1) is 22.8. The molecule has 2 heterocycles. The van der Waals surface area contributed by atoms with E-state index < -0.39 is 38.5 Å². The fourth-order valence-electron chi connectivity index (χ4n) is 5.31. The van der Waals surface area contributed by atoms with E-state index in [1.54, 1.807) is 35.0 Å². The molecule has 8 nitrogen and oxygen atoms in total. The maximum absolute atomic E-state index is 14.9. The topological polar surface area (TPSA) is 105 Å². The van der Waals surface area contributed by atoms with Gasteiger partial charge in [0.2, 0.25) is 5.88 Å². The Bertz CT molecular complexity index is 2160. The van der Waals surface area contributed by atoms with E-state index in [0.29, 0.717) is 23.7 Å². The fourth-order valence-corrected chi connectivity index (χ4v) is 7.87. The van der Waals surface area contributed by atoms with E-state index in [0.717, 1.165) is 50.6 Å². The number of aromatic nitrogens is 2. The number of anilines is 1. The Kier molecular flexibility index (Phi) is 8.97. The molecule has 1 atom stereocenters. The van der Waals surface area contributed by atoms with Gasteiger partial charge in [0.05, 0.1) is 28.4 Å². The van der Waals surface area contributed by atoms with Gasteiger partial charge in [0.1, 0.15) is 17.5 Å². The number of imidazole rings is 1. The molecule has 0 saturated carbocycles. The molecule has 5 aromatic rings. The van der Waals surface area contributed by atoms with Gasteiger partial charge < -0.3 is 9.67 Å². The molecule has 1 unspecified atom stereocenters. The Morgan fingerprint density at radius 2 is 1.62 bits per heavy atom. The number of benzene rings is 4. The van der Waals surface area contributed by atoms with Crippen LogP contribution in [0.5, 0.6) is 0 Å². The van der Waals surface area contributed by atoms with Crippen molar-refractivity contribution in [1.29, 1.82) is 0 Å². The number of hydrogen-bond acceptors (Lipinski definition) is 5. The average molecular weight is 689 g/mol. The van der Waals surface area contributed by atoms with Gasteiger partial charge in [0.15, 0.2) is 0 Å². The van der Waals surface area contributed by atoms with Gasteiger partial charge in [0, 0.05) is 40.6 Å². The SMILES string of the molecule is CC(C)(C)CCS(=O)c1cccc(-c2ccc(Cc3nc(-c4ccc(F)cc4F)cn3-c3cccc(N4C=C(O)NS4(=O)=O)c3)cc2)c1. The third kappa shape index (κ3) is 7.34. The highest BCUT2D eigenvalue weighted by Crippen LogP contribution is 2.30. The largest absolute Gasteiger partial charge is 0.493 e. The predicted octanol–water partition coefficient (Wildman–Crippen LogP) is 7.63. The van der Waals surface area contributed by atoms with Gasteiger partial charge in [-0.15, -0.1) is 0 Å². The zero-order valence-corrected chi connectivity index (χ0v) is 28.2. The second-order valence-corrected chi connectivity index (χ2v) is 15.9. The molecule has 1 aliphatic heterocycles. The van der Waals surface area contributed by atoms with E-state index in [4.69, 9.17) is 4.98 Å². The molecule has 248 valence electrons. The van der Waals surface area contributed by atoms with Gasteiger partial charge >= 0.3 is 10.2 Å². The smallest absolute Gasteiger partial charge is 0.330 e. The van der Waals surface area contributed by atoms with Crippen LogP contribution in [0.2, 0.25) is 0 Å². The summed E-state index contributed by atoms with van der Waals surface area (Å²) in [6.45, 7) is 6.41. The summed E-state index contributed by atoms with van der Waals surface area (Å²) in [5, 5.41) is 9.78. The van der Waals surface area contributed by atoms with Crippen LogP contribution in [-0.4, -0.2) is 33.0 Å². The van der Waals surface area contributed by atoms with Crippen LogP contribution in [0.1, 0.15) is 38.6 Å². The first kappa shape index (κ1) is 33.1. The van der Waals surface area contributed by atoms with Crippen LogP contribution in [0.15, 0.2) is 114 Å². The number of nitrogens with zero attached hydrogens (tertiary/aromatic N) is 3. The molecule has 0 amide bonds. The second kappa shape index (κ2) is 13.0. The molecule has 1 aromatic heterocycles. The number of nitrogens with one attached hydrogen (secondary N) is 1. The molecule has 48 heavy (non-hydrogen) atoms. The first-order valence-corrected chi connectivity index (χ1v) is 18.0. The maximum atomic E-state index is 14.9. The van der Waals surface area contributed by atoms with Crippen molar-refractivity contribution in [3.05, 3.63) is 132 Å². The van der Waals surface area contributed by atoms with Gasteiger partial charge in [-0.1, -0.05) is 63.2 Å². The fraction of sp³-hybridized carbons (Fsp3) is 0.194. The Morgan fingerprint density at radius 1 is 0.896 bits per heavy atom. The summed E-state index contributed by atoms with van der Waals surface area (Å²) in [6.07, 6.45) is 3.86. The van der Waals surface area contributed by atoms with E-state index in [1.807, 2.05) is 53.3 Å². The zero-order chi connectivity index (χ0) is 34.2. The number of aliphatic hydroxyl groups excluding tert-OH is 1. The number of hydrogen-bond donors (Lipinski definition) is 2. The minimum Gasteiger partial charge on any atom is -0.493 e. The first-order valence-electron chi connectivity index (χ1n) is 15.2. The second-order valence-electron chi connectivity index (χ2n) is 12.7. The van der Waals surface area contributed by atoms with E-state index in [9.17, 15) is 26.5 Å². The number of rotatable bonds is 9. The van der Waals surface area contributed by atoms with Crippen molar-refractivity contribution in [2.75, 3.05) is 10.1 Å². The van der Waals surface area contributed by atoms with E-state index in [-0.39, 0.29) is 22.4 Å². The minimum atomic E-state index is -4.02. The molecule has 0 fully saturated rings. The molecule has 0 spiro atoms.